The minimum absolute atomic E-state index is 0.0117. The second-order valence-electron chi connectivity index (χ2n) is 10.9. The average Bonchev–Trinajstić information content (AvgIpc) is 3.52. The maximum atomic E-state index is 13.7. The molecular weight excluding hydrogens is 472 g/mol. The van der Waals surface area contributed by atoms with Gasteiger partial charge in [0.05, 0.1) is 29.8 Å². The summed E-state index contributed by atoms with van der Waals surface area (Å²) in [6.45, 7) is 12.6. The summed E-state index contributed by atoms with van der Waals surface area (Å²) in [5.41, 5.74) is 3.01. The molecule has 194 valence electrons. The summed E-state index contributed by atoms with van der Waals surface area (Å²) in [5, 5.41) is 8.44. The Kier molecular flexibility index (Phi) is 8.59. The van der Waals surface area contributed by atoms with Crippen molar-refractivity contribution in [2.45, 2.75) is 46.6 Å². The van der Waals surface area contributed by atoms with Gasteiger partial charge in [-0.3, -0.25) is 14.5 Å². The van der Waals surface area contributed by atoms with Crippen molar-refractivity contribution in [2.75, 3.05) is 45.9 Å². The molecule has 0 N–H and O–H groups in total. The summed E-state index contributed by atoms with van der Waals surface area (Å²) in [6.07, 6.45) is 1.06. The molecule has 2 aliphatic rings. The van der Waals surface area contributed by atoms with Gasteiger partial charge in [0.25, 0.3) is 5.91 Å². The lowest BCUT2D eigenvalue weighted by molar-refractivity contribution is -0.142. The molecule has 1 atom stereocenters. The van der Waals surface area contributed by atoms with Crippen LogP contribution >= 0.6 is 11.3 Å². The number of amides is 2. The molecule has 36 heavy (non-hydrogen) atoms. The van der Waals surface area contributed by atoms with E-state index in [4.69, 9.17) is 9.84 Å². The van der Waals surface area contributed by atoms with Crippen LogP contribution in [-0.2, 0) is 14.3 Å². The van der Waals surface area contributed by atoms with Crippen molar-refractivity contribution in [1.82, 2.24) is 14.8 Å². The Morgan fingerprint density at radius 1 is 1.14 bits per heavy atom. The van der Waals surface area contributed by atoms with Gasteiger partial charge in [0.1, 0.15) is 6.54 Å². The van der Waals surface area contributed by atoms with E-state index in [9.17, 15) is 9.59 Å². The number of morpholine rings is 1. The van der Waals surface area contributed by atoms with E-state index in [1.165, 1.54) is 5.56 Å². The van der Waals surface area contributed by atoms with E-state index in [2.05, 4.69) is 56.9 Å². The van der Waals surface area contributed by atoms with Crippen LogP contribution in [0.5, 0.6) is 0 Å². The van der Waals surface area contributed by atoms with Crippen molar-refractivity contribution in [3.63, 3.8) is 0 Å². The third-order valence-electron chi connectivity index (χ3n) is 6.58. The fourth-order valence-electron chi connectivity index (χ4n) is 4.56. The predicted molar refractivity (Wildman–Crippen MR) is 144 cm³/mol. The quantitative estimate of drug-likeness (QED) is 0.530. The molecule has 4 rings (SSSR count). The Hall–Kier alpha value is -2.55. The molecule has 0 aliphatic carbocycles. The molecule has 0 saturated carbocycles. The first kappa shape index (κ1) is 26.5. The lowest BCUT2D eigenvalue weighted by atomic mass is 9.91. The van der Waals surface area contributed by atoms with Gasteiger partial charge in [-0.25, -0.2) is 5.01 Å². The number of aryl methyl sites for hydroxylation is 1. The highest BCUT2D eigenvalue weighted by molar-refractivity contribution is 7.12. The van der Waals surface area contributed by atoms with E-state index in [1.54, 1.807) is 21.2 Å². The minimum Gasteiger partial charge on any atom is -0.379 e. The van der Waals surface area contributed by atoms with Crippen molar-refractivity contribution in [1.29, 1.82) is 0 Å². The topological polar surface area (TPSA) is 65.5 Å². The molecule has 2 aliphatic heterocycles. The average molecular weight is 511 g/mol. The molecule has 1 aromatic heterocycles. The Bertz CT molecular complexity index is 1050. The van der Waals surface area contributed by atoms with Crippen molar-refractivity contribution in [3.05, 3.63) is 57.8 Å². The van der Waals surface area contributed by atoms with Crippen LogP contribution in [0.3, 0.4) is 0 Å². The number of ether oxygens (including phenoxy) is 1. The van der Waals surface area contributed by atoms with Gasteiger partial charge < -0.3 is 9.64 Å². The Labute approximate surface area is 218 Å². The highest BCUT2D eigenvalue weighted by Gasteiger charge is 2.35. The van der Waals surface area contributed by atoms with Crippen molar-refractivity contribution in [3.8, 4) is 0 Å². The van der Waals surface area contributed by atoms with Crippen LogP contribution < -0.4 is 0 Å². The van der Waals surface area contributed by atoms with Crippen LogP contribution in [0.2, 0.25) is 0 Å². The molecule has 1 unspecified atom stereocenters. The first-order valence-electron chi connectivity index (χ1n) is 12.8. The zero-order chi connectivity index (χ0) is 25.7. The molecule has 1 fully saturated rings. The number of thiophene rings is 1. The smallest absolute Gasteiger partial charge is 0.262 e. The molecule has 0 bridgehead atoms. The van der Waals surface area contributed by atoms with E-state index in [-0.39, 0.29) is 29.8 Å². The number of carbonyl (C=O) groups is 2. The van der Waals surface area contributed by atoms with Gasteiger partial charge in [-0.05, 0) is 29.3 Å². The molecule has 1 aromatic carbocycles. The number of hydrogen-bond acceptors (Lipinski definition) is 6. The molecule has 0 spiro atoms. The van der Waals surface area contributed by atoms with Crippen molar-refractivity contribution in [2.24, 2.45) is 10.5 Å². The molecular formula is C28H38N4O3S. The molecule has 7 nitrogen and oxygen atoms in total. The Balaban J connectivity index is 1.53. The molecule has 2 aromatic rings. The first-order chi connectivity index (χ1) is 17.2. The fraction of sp³-hybridized carbons (Fsp3) is 0.536. The highest BCUT2D eigenvalue weighted by Crippen LogP contribution is 2.34. The Morgan fingerprint density at radius 3 is 2.50 bits per heavy atom. The third kappa shape index (κ3) is 7.02. The van der Waals surface area contributed by atoms with Crippen LogP contribution in [0.1, 0.15) is 55.7 Å². The highest BCUT2D eigenvalue weighted by atomic mass is 32.1. The van der Waals surface area contributed by atoms with Crippen LogP contribution in [0.4, 0.5) is 0 Å². The second kappa shape index (κ2) is 11.7. The normalized spacial score (nSPS) is 18.8. The lowest BCUT2D eigenvalue weighted by Gasteiger charge is -2.32. The maximum absolute atomic E-state index is 13.7. The summed E-state index contributed by atoms with van der Waals surface area (Å²) in [4.78, 5) is 32.1. The zero-order valence-electron chi connectivity index (χ0n) is 21.9. The summed E-state index contributed by atoms with van der Waals surface area (Å²) < 4.78 is 5.46. The summed E-state index contributed by atoms with van der Waals surface area (Å²) in [6, 6.07) is 12.2. The van der Waals surface area contributed by atoms with Gasteiger partial charge in [-0.1, -0.05) is 56.7 Å². The monoisotopic (exact) mass is 510 g/mol. The van der Waals surface area contributed by atoms with Crippen LogP contribution in [0.25, 0.3) is 0 Å². The first-order valence-corrected chi connectivity index (χ1v) is 13.7. The largest absolute Gasteiger partial charge is 0.379 e. The molecule has 1 saturated heterocycles. The standard InChI is InChI=1S/C28H38N4O3S/c1-21-7-9-22(10-8-21)24-18-23(25-6-5-17-36-25)29-32(24)27(34)20-31(26(33)19-28(2,3)4)12-11-30-13-15-35-16-14-30/h5-10,17,24H,11-16,18-20H2,1-4H3. The fourth-order valence-corrected chi connectivity index (χ4v) is 5.28. The van der Waals surface area contributed by atoms with Crippen LogP contribution in [0.15, 0.2) is 46.9 Å². The molecule has 0 radical (unpaired) electrons. The van der Waals surface area contributed by atoms with Gasteiger partial charge in [0.2, 0.25) is 5.91 Å². The molecule has 8 heteroatoms. The lowest BCUT2D eigenvalue weighted by Crippen LogP contribution is -2.47. The van der Waals surface area contributed by atoms with Gasteiger partial charge in [0, 0.05) is 39.0 Å². The van der Waals surface area contributed by atoms with Gasteiger partial charge in [-0.2, -0.15) is 5.10 Å². The van der Waals surface area contributed by atoms with E-state index < -0.39 is 0 Å². The number of nitrogens with zero attached hydrogens (tertiary/aromatic N) is 4. The van der Waals surface area contributed by atoms with E-state index in [0.717, 1.165) is 35.8 Å². The molecule has 2 amide bonds. The number of hydrazone groups is 1. The van der Waals surface area contributed by atoms with Gasteiger partial charge >= 0.3 is 0 Å². The number of hydrogen-bond donors (Lipinski definition) is 0. The minimum atomic E-state index is -0.172. The van der Waals surface area contributed by atoms with Crippen LogP contribution in [-0.4, -0.2) is 78.3 Å². The second-order valence-corrected chi connectivity index (χ2v) is 11.8. The Morgan fingerprint density at radius 2 is 1.86 bits per heavy atom. The number of benzene rings is 1. The van der Waals surface area contributed by atoms with E-state index in [1.807, 2.05) is 17.5 Å². The zero-order valence-corrected chi connectivity index (χ0v) is 22.7. The molecule has 3 heterocycles. The third-order valence-corrected chi connectivity index (χ3v) is 7.50. The summed E-state index contributed by atoms with van der Waals surface area (Å²) in [5.74, 6) is -0.131. The maximum Gasteiger partial charge on any atom is 0.262 e. The van der Waals surface area contributed by atoms with Crippen molar-refractivity contribution < 1.29 is 14.3 Å². The summed E-state index contributed by atoms with van der Waals surface area (Å²) >= 11 is 1.63. The van der Waals surface area contributed by atoms with Crippen LogP contribution in [0, 0.1) is 12.3 Å². The summed E-state index contributed by atoms with van der Waals surface area (Å²) in [7, 11) is 0. The van der Waals surface area contributed by atoms with Gasteiger partial charge in [-0.15, -0.1) is 11.3 Å². The van der Waals surface area contributed by atoms with Gasteiger partial charge in [0.15, 0.2) is 0 Å². The van der Waals surface area contributed by atoms with E-state index >= 15 is 0 Å². The SMILES string of the molecule is Cc1ccc(C2CC(c3cccs3)=NN2C(=O)CN(CCN2CCOCC2)C(=O)CC(C)(C)C)cc1. The number of carbonyl (C=O) groups excluding carboxylic acids is 2. The number of rotatable bonds is 8. The van der Waals surface area contributed by atoms with Crippen molar-refractivity contribution >= 4 is 28.9 Å². The van der Waals surface area contributed by atoms with E-state index in [0.29, 0.717) is 32.6 Å². The predicted octanol–water partition coefficient (Wildman–Crippen LogP) is 4.33.